The fourth-order valence-electron chi connectivity index (χ4n) is 3.15. The number of carbonyl (C=O) groups excluding carboxylic acids is 1. The number of benzene rings is 2. The van der Waals surface area contributed by atoms with E-state index in [1.165, 1.54) is 0 Å². The quantitative estimate of drug-likeness (QED) is 0.577. The molecule has 0 bridgehead atoms. The molecule has 0 saturated carbocycles. The summed E-state index contributed by atoms with van der Waals surface area (Å²) < 4.78 is 5.38. The van der Waals surface area contributed by atoms with E-state index in [4.69, 9.17) is 39.3 Å². The van der Waals surface area contributed by atoms with Crippen molar-refractivity contribution in [1.29, 1.82) is 0 Å². The summed E-state index contributed by atoms with van der Waals surface area (Å²) in [6, 6.07) is 12.2. The van der Waals surface area contributed by atoms with Crippen molar-refractivity contribution in [2.24, 2.45) is 0 Å². The van der Waals surface area contributed by atoms with Gasteiger partial charge < -0.3 is 9.42 Å². The third kappa shape index (κ3) is 4.73. The van der Waals surface area contributed by atoms with E-state index in [0.29, 0.717) is 65.1 Å². The minimum atomic E-state index is -0.0500. The molecule has 0 spiro atoms. The van der Waals surface area contributed by atoms with Gasteiger partial charge in [-0.15, -0.1) is 0 Å². The van der Waals surface area contributed by atoms with E-state index in [2.05, 4.69) is 15.0 Å². The van der Waals surface area contributed by atoms with Gasteiger partial charge in [0.2, 0.25) is 11.7 Å². The molecular formula is C20H17Cl3N4O2. The fraction of sp³-hybridized carbons (Fsp3) is 0.250. The van der Waals surface area contributed by atoms with E-state index in [1.54, 1.807) is 30.3 Å². The van der Waals surface area contributed by atoms with E-state index in [0.717, 1.165) is 5.56 Å². The molecule has 4 rings (SSSR count). The number of hydrogen-bond acceptors (Lipinski definition) is 5. The number of piperazine rings is 1. The predicted molar refractivity (Wildman–Crippen MR) is 112 cm³/mol. The van der Waals surface area contributed by atoms with Gasteiger partial charge in [0.25, 0.3) is 5.91 Å². The first-order valence-corrected chi connectivity index (χ1v) is 10.2. The van der Waals surface area contributed by atoms with Crippen LogP contribution in [0.3, 0.4) is 0 Å². The second-order valence-corrected chi connectivity index (χ2v) is 7.97. The third-order valence-electron chi connectivity index (χ3n) is 4.76. The first-order valence-electron chi connectivity index (χ1n) is 9.05. The van der Waals surface area contributed by atoms with Crippen LogP contribution in [0, 0.1) is 0 Å². The lowest BCUT2D eigenvalue weighted by Gasteiger charge is -2.34. The van der Waals surface area contributed by atoms with Gasteiger partial charge in [-0.25, -0.2) is 0 Å². The molecule has 150 valence electrons. The molecule has 0 radical (unpaired) electrons. The molecule has 6 nitrogen and oxygen atoms in total. The largest absolute Gasteiger partial charge is 0.338 e. The highest BCUT2D eigenvalue weighted by Crippen LogP contribution is 2.24. The Kier molecular flexibility index (Phi) is 6.06. The topological polar surface area (TPSA) is 62.5 Å². The second-order valence-electron chi connectivity index (χ2n) is 6.72. The molecule has 2 heterocycles. The van der Waals surface area contributed by atoms with Crippen molar-refractivity contribution in [3.8, 4) is 11.4 Å². The molecule has 1 aliphatic rings. The summed E-state index contributed by atoms with van der Waals surface area (Å²) in [5.41, 5.74) is 1.39. The van der Waals surface area contributed by atoms with Gasteiger partial charge in [-0.3, -0.25) is 9.69 Å². The first-order chi connectivity index (χ1) is 14.0. The molecule has 0 unspecified atom stereocenters. The van der Waals surface area contributed by atoms with Gasteiger partial charge in [-0.1, -0.05) is 40.0 Å². The van der Waals surface area contributed by atoms with Crippen LogP contribution in [0.4, 0.5) is 0 Å². The van der Waals surface area contributed by atoms with Crippen molar-refractivity contribution in [3.63, 3.8) is 0 Å². The smallest absolute Gasteiger partial charge is 0.253 e. The predicted octanol–water partition coefficient (Wildman–Crippen LogP) is 4.65. The van der Waals surface area contributed by atoms with Crippen LogP contribution in [0.25, 0.3) is 11.4 Å². The summed E-state index contributed by atoms with van der Waals surface area (Å²) in [5.74, 6) is 1.02. The van der Waals surface area contributed by atoms with Gasteiger partial charge in [0.05, 0.1) is 16.6 Å². The maximum atomic E-state index is 12.7. The minimum Gasteiger partial charge on any atom is -0.338 e. The zero-order chi connectivity index (χ0) is 20.4. The molecule has 1 aliphatic heterocycles. The van der Waals surface area contributed by atoms with Gasteiger partial charge in [-0.2, -0.15) is 4.98 Å². The Bertz CT molecular complexity index is 1010. The van der Waals surface area contributed by atoms with E-state index >= 15 is 0 Å². The normalized spacial score (nSPS) is 14.9. The number of aromatic nitrogens is 2. The van der Waals surface area contributed by atoms with E-state index < -0.39 is 0 Å². The molecule has 1 aromatic heterocycles. The molecule has 1 amide bonds. The summed E-state index contributed by atoms with van der Waals surface area (Å²) in [5, 5.41) is 5.51. The summed E-state index contributed by atoms with van der Waals surface area (Å²) in [6.45, 7) is 3.18. The van der Waals surface area contributed by atoms with Gasteiger partial charge in [-0.05, 0) is 42.5 Å². The zero-order valence-electron chi connectivity index (χ0n) is 15.3. The lowest BCUT2D eigenvalue weighted by molar-refractivity contribution is 0.0615. The molecule has 0 N–H and O–H groups in total. The highest BCUT2D eigenvalue weighted by Gasteiger charge is 2.24. The Labute approximate surface area is 183 Å². The van der Waals surface area contributed by atoms with Crippen molar-refractivity contribution in [1.82, 2.24) is 19.9 Å². The maximum Gasteiger partial charge on any atom is 0.253 e. The monoisotopic (exact) mass is 450 g/mol. The third-order valence-corrected chi connectivity index (χ3v) is 5.75. The molecule has 9 heteroatoms. The van der Waals surface area contributed by atoms with E-state index in [9.17, 15) is 4.79 Å². The molecule has 0 atom stereocenters. The van der Waals surface area contributed by atoms with Gasteiger partial charge in [0, 0.05) is 42.3 Å². The Morgan fingerprint density at radius 3 is 2.38 bits per heavy atom. The highest BCUT2D eigenvalue weighted by molar-refractivity contribution is 6.42. The Morgan fingerprint density at radius 2 is 1.69 bits per heavy atom. The second kappa shape index (κ2) is 8.71. The average molecular weight is 452 g/mol. The Balaban J connectivity index is 1.33. The van der Waals surface area contributed by atoms with Crippen LogP contribution in [0.5, 0.6) is 0 Å². The van der Waals surface area contributed by atoms with Crippen LogP contribution in [-0.2, 0) is 6.54 Å². The van der Waals surface area contributed by atoms with Crippen molar-refractivity contribution in [2.45, 2.75) is 6.54 Å². The summed E-state index contributed by atoms with van der Waals surface area (Å²) in [7, 11) is 0. The number of amides is 1. The summed E-state index contributed by atoms with van der Waals surface area (Å²) >= 11 is 17.9. The molecule has 1 fully saturated rings. The number of halogens is 3. The van der Waals surface area contributed by atoms with Gasteiger partial charge >= 0.3 is 0 Å². The molecule has 1 saturated heterocycles. The summed E-state index contributed by atoms with van der Waals surface area (Å²) in [6.07, 6.45) is 0. The number of hydrogen-bond donors (Lipinski definition) is 0. The number of carbonyl (C=O) groups is 1. The number of nitrogens with zero attached hydrogens (tertiary/aromatic N) is 4. The van der Waals surface area contributed by atoms with Crippen molar-refractivity contribution >= 4 is 40.7 Å². The van der Waals surface area contributed by atoms with E-state index in [-0.39, 0.29) is 5.91 Å². The van der Waals surface area contributed by atoms with Crippen molar-refractivity contribution in [3.05, 3.63) is 69.0 Å². The molecule has 0 aliphatic carbocycles. The highest BCUT2D eigenvalue weighted by atomic mass is 35.5. The van der Waals surface area contributed by atoms with Crippen LogP contribution >= 0.6 is 34.8 Å². The van der Waals surface area contributed by atoms with Gasteiger partial charge in [0.1, 0.15) is 0 Å². The first kappa shape index (κ1) is 20.2. The maximum absolute atomic E-state index is 12.7. The number of rotatable bonds is 4. The summed E-state index contributed by atoms with van der Waals surface area (Å²) in [4.78, 5) is 21.1. The molecule has 29 heavy (non-hydrogen) atoms. The van der Waals surface area contributed by atoms with Crippen LogP contribution in [0.1, 0.15) is 16.2 Å². The standard InChI is InChI=1S/C20H17Cl3N4O2/c21-15-4-1-13(2-5-15)19-24-18(29-25-19)12-26-7-9-27(10-8-26)20(28)14-3-6-16(22)17(23)11-14/h1-6,11H,7-10,12H2. The van der Waals surface area contributed by atoms with Crippen molar-refractivity contribution < 1.29 is 9.32 Å². The van der Waals surface area contributed by atoms with E-state index in [1.807, 2.05) is 17.0 Å². The Morgan fingerprint density at radius 1 is 0.966 bits per heavy atom. The average Bonchev–Trinajstić information content (AvgIpc) is 3.19. The van der Waals surface area contributed by atoms with Crippen LogP contribution < -0.4 is 0 Å². The Hall–Kier alpha value is -2.12. The van der Waals surface area contributed by atoms with Crippen molar-refractivity contribution in [2.75, 3.05) is 26.2 Å². The zero-order valence-corrected chi connectivity index (χ0v) is 17.6. The fourth-order valence-corrected chi connectivity index (χ4v) is 3.57. The molecule has 2 aromatic carbocycles. The molecular weight excluding hydrogens is 435 g/mol. The van der Waals surface area contributed by atoms with Gasteiger partial charge in [0.15, 0.2) is 0 Å². The lowest BCUT2D eigenvalue weighted by atomic mass is 10.2. The molecule has 3 aromatic rings. The lowest BCUT2D eigenvalue weighted by Crippen LogP contribution is -2.48. The SMILES string of the molecule is O=C(c1ccc(Cl)c(Cl)c1)N1CCN(Cc2nc(-c3ccc(Cl)cc3)no2)CC1. The van der Waals surface area contributed by atoms with Crippen LogP contribution in [0.2, 0.25) is 15.1 Å². The van der Waals surface area contributed by atoms with Crippen LogP contribution in [-0.4, -0.2) is 52.0 Å². The van der Waals surface area contributed by atoms with Crippen LogP contribution in [0.15, 0.2) is 47.0 Å². The minimum absolute atomic E-state index is 0.0500.